The quantitative estimate of drug-likeness (QED) is 0.770. The molecule has 0 aliphatic carbocycles. The molecule has 0 amide bonds. The molecule has 2 rings (SSSR count). The molecule has 0 spiro atoms. The van der Waals surface area contributed by atoms with Crippen LogP contribution in [-0.2, 0) is 6.54 Å². The number of rotatable bonds is 4. The Morgan fingerprint density at radius 1 is 1.29 bits per heavy atom. The van der Waals surface area contributed by atoms with Crippen LogP contribution in [0.2, 0.25) is 0 Å². The molecule has 0 unspecified atom stereocenters. The van der Waals surface area contributed by atoms with Crippen LogP contribution in [0.1, 0.15) is 5.56 Å². The van der Waals surface area contributed by atoms with E-state index in [9.17, 15) is 0 Å². The summed E-state index contributed by atoms with van der Waals surface area (Å²) in [5.74, 6) is 0.865. The summed E-state index contributed by atoms with van der Waals surface area (Å²) >= 11 is 0. The maximum absolute atomic E-state index is 3.30. The molecule has 2 nitrogen and oxygen atoms in total. The first-order valence-corrected chi connectivity index (χ1v) is 5.28. The second kappa shape index (κ2) is 4.58. The SMILES string of the molecule is CN(Cc1ccccc1)CC1CNC1. The molecule has 1 aromatic carbocycles. The van der Waals surface area contributed by atoms with Crippen LogP contribution in [0.4, 0.5) is 0 Å². The van der Waals surface area contributed by atoms with E-state index in [1.807, 2.05) is 0 Å². The first-order chi connectivity index (χ1) is 6.84. The molecule has 1 N–H and O–H groups in total. The van der Waals surface area contributed by atoms with Crippen LogP contribution in [0.5, 0.6) is 0 Å². The van der Waals surface area contributed by atoms with Crippen molar-refractivity contribution in [3.05, 3.63) is 35.9 Å². The normalized spacial score (nSPS) is 17.0. The van der Waals surface area contributed by atoms with Gasteiger partial charge in [0.1, 0.15) is 0 Å². The Labute approximate surface area is 85.9 Å². The summed E-state index contributed by atoms with van der Waals surface area (Å²) in [4.78, 5) is 2.40. The van der Waals surface area contributed by atoms with Gasteiger partial charge in [-0.25, -0.2) is 0 Å². The highest BCUT2D eigenvalue weighted by Crippen LogP contribution is 2.08. The first-order valence-electron chi connectivity index (χ1n) is 5.28. The van der Waals surface area contributed by atoms with Crippen LogP contribution >= 0.6 is 0 Å². The Kier molecular flexibility index (Phi) is 3.17. The Morgan fingerprint density at radius 2 is 2.00 bits per heavy atom. The van der Waals surface area contributed by atoms with E-state index >= 15 is 0 Å². The standard InChI is InChI=1S/C12H18N2/c1-14(10-12-7-13-8-12)9-11-5-3-2-4-6-11/h2-6,12-13H,7-10H2,1H3. The fraction of sp³-hybridized carbons (Fsp3) is 0.500. The van der Waals surface area contributed by atoms with Crippen molar-refractivity contribution in [1.82, 2.24) is 10.2 Å². The summed E-state index contributed by atoms with van der Waals surface area (Å²) in [6.07, 6.45) is 0. The lowest BCUT2D eigenvalue weighted by Gasteiger charge is -2.31. The molecule has 1 aliphatic heterocycles. The average Bonchev–Trinajstić information content (AvgIpc) is 2.13. The lowest BCUT2D eigenvalue weighted by molar-refractivity contribution is 0.218. The average molecular weight is 190 g/mol. The van der Waals surface area contributed by atoms with Crippen LogP contribution in [0.3, 0.4) is 0 Å². The van der Waals surface area contributed by atoms with Gasteiger partial charge in [-0.2, -0.15) is 0 Å². The molecule has 1 aliphatic rings. The van der Waals surface area contributed by atoms with Gasteiger partial charge in [-0.3, -0.25) is 0 Å². The number of nitrogens with zero attached hydrogens (tertiary/aromatic N) is 1. The second-order valence-corrected chi connectivity index (χ2v) is 4.21. The third kappa shape index (κ3) is 2.56. The van der Waals surface area contributed by atoms with E-state index in [0.717, 1.165) is 12.5 Å². The van der Waals surface area contributed by atoms with Gasteiger partial charge in [0, 0.05) is 26.2 Å². The first kappa shape index (κ1) is 9.69. The van der Waals surface area contributed by atoms with Crippen LogP contribution in [0.15, 0.2) is 30.3 Å². The Morgan fingerprint density at radius 3 is 2.57 bits per heavy atom. The molecule has 0 atom stereocenters. The molecule has 0 saturated carbocycles. The number of nitrogens with one attached hydrogen (secondary N) is 1. The van der Waals surface area contributed by atoms with Gasteiger partial charge < -0.3 is 10.2 Å². The molecule has 0 radical (unpaired) electrons. The predicted octanol–water partition coefficient (Wildman–Crippen LogP) is 1.34. The van der Waals surface area contributed by atoms with E-state index in [1.165, 1.54) is 25.2 Å². The largest absolute Gasteiger partial charge is 0.316 e. The molecule has 1 aromatic rings. The van der Waals surface area contributed by atoms with Gasteiger partial charge in [0.2, 0.25) is 0 Å². The molecule has 2 heteroatoms. The number of hydrogen-bond acceptors (Lipinski definition) is 2. The van der Waals surface area contributed by atoms with Crippen molar-refractivity contribution in [2.45, 2.75) is 6.54 Å². The van der Waals surface area contributed by atoms with E-state index in [-0.39, 0.29) is 0 Å². The third-order valence-corrected chi connectivity index (χ3v) is 2.73. The van der Waals surface area contributed by atoms with E-state index in [4.69, 9.17) is 0 Å². The molecular weight excluding hydrogens is 172 g/mol. The predicted molar refractivity (Wildman–Crippen MR) is 59.1 cm³/mol. The smallest absolute Gasteiger partial charge is 0.0230 e. The van der Waals surface area contributed by atoms with Gasteiger partial charge in [-0.1, -0.05) is 30.3 Å². The maximum atomic E-state index is 3.30. The Balaban J connectivity index is 1.79. The highest BCUT2D eigenvalue weighted by atomic mass is 15.1. The summed E-state index contributed by atoms with van der Waals surface area (Å²) in [7, 11) is 2.20. The van der Waals surface area contributed by atoms with Crippen LogP contribution in [0.25, 0.3) is 0 Å². The summed E-state index contributed by atoms with van der Waals surface area (Å²) in [5, 5.41) is 3.30. The summed E-state index contributed by atoms with van der Waals surface area (Å²) in [5.41, 5.74) is 1.40. The van der Waals surface area contributed by atoms with Gasteiger partial charge in [0.25, 0.3) is 0 Å². The van der Waals surface area contributed by atoms with Gasteiger partial charge in [-0.15, -0.1) is 0 Å². The van der Waals surface area contributed by atoms with Crippen molar-refractivity contribution >= 4 is 0 Å². The molecule has 0 bridgehead atoms. The molecule has 76 valence electrons. The van der Waals surface area contributed by atoms with Crippen LogP contribution < -0.4 is 5.32 Å². The van der Waals surface area contributed by atoms with Crippen molar-refractivity contribution in [2.75, 3.05) is 26.7 Å². The molecule has 1 fully saturated rings. The van der Waals surface area contributed by atoms with Crippen LogP contribution in [-0.4, -0.2) is 31.6 Å². The van der Waals surface area contributed by atoms with E-state index in [2.05, 4.69) is 47.6 Å². The van der Waals surface area contributed by atoms with Crippen molar-refractivity contribution in [3.8, 4) is 0 Å². The minimum absolute atomic E-state index is 0.865. The van der Waals surface area contributed by atoms with Crippen molar-refractivity contribution in [1.29, 1.82) is 0 Å². The van der Waals surface area contributed by atoms with Crippen molar-refractivity contribution in [3.63, 3.8) is 0 Å². The topological polar surface area (TPSA) is 15.3 Å². The van der Waals surface area contributed by atoms with E-state index in [0.29, 0.717) is 0 Å². The zero-order chi connectivity index (χ0) is 9.80. The second-order valence-electron chi connectivity index (χ2n) is 4.21. The van der Waals surface area contributed by atoms with Crippen LogP contribution in [0, 0.1) is 5.92 Å². The molecule has 1 heterocycles. The minimum Gasteiger partial charge on any atom is -0.316 e. The summed E-state index contributed by atoms with van der Waals surface area (Å²) in [6.45, 7) is 4.66. The summed E-state index contributed by atoms with van der Waals surface area (Å²) in [6, 6.07) is 10.7. The molecule has 14 heavy (non-hydrogen) atoms. The van der Waals surface area contributed by atoms with E-state index < -0.39 is 0 Å². The minimum atomic E-state index is 0.865. The van der Waals surface area contributed by atoms with Gasteiger partial charge in [0.15, 0.2) is 0 Å². The fourth-order valence-corrected chi connectivity index (χ4v) is 1.88. The Hall–Kier alpha value is -0.860. The Bertz CT molecular complexity index is 267. The third-order valence-electron chi connectivity index (χ3n) is 2.73. The van der Waals surface area contributed by atoms with Gasteiger partial charge in [0.05, 0.1) is 0 Å². The highest BCUT2D eigenvalue weighted by Gasteiger charge is 2.17. The zero-order valence-corrected chi connectivity index (χ0v) is 8.74. The van der Waals surface area contributed by atoms with Gasteiger partial charge >= 0.3 is 0 Å². The number of hydrogen-bond donors (Lipinski definition) is 1. The van der Waals surface area contributed by atoms with Crippen molar-refractivity contribution < 1.29 is 0 Å². The fourth-order valence-electron chi connectivity index (χ4n) is 1.88. The lowest BCUT2D eigenvalue weighted by atomic mass is 10.0. The van der Waals surface area contributed by atoms with E-state index in [1.54, 1.807) is 0 Å². The highest BCUT2D eigenvalue weighted by molar-refractivity contribution is 5.14. The summed E-state index contributed by atoms with van der Waals surface area (Å²) < 4.78 is 0. The molecule has 1 saturated heterocycles. The van der Waals surface area contributed by atoms with Gasteiger partial charge in [-0.05, 0) is 18.5 Å². The lowest BCUT2D eigenvalue weighted by Crippen LogP contribution is -2.47. The zero-order valence-electron chi connectivity index (χ0n) is 8.74. The molecule has 0 aromatic heterocycles. The monoisotopic (exact) mass is 190 g/mol. The molecular formula is C12H18N2. The number of benzene rings is 1. The van der Waals surface area contributed by atoms with Crippen molar-refractivity contribution in [2.24, 2.45) is 5.92 Å². The maximum Gasteiger partial charge on any atom is 0.0230 e.